The van der Waals surface area contributed by atoms with Crippen molar-refractivity contribution in [3.8, 4) is 0 Å². The molecule has 0 bridgehead atoms. The van der Waals surface area contributed by atoms with Crippen LogP contribution >= 0.6 is 22.6 Å². The van der Waals surface area contributed by atoms with Crippen molar-refractivity contribution in [1.82, 2.24) is 4.98 Å². The maximum absolute atomic E-state index is 13.4. The molecule has 2 aromatic rings. The Bertz CT molecular complexity index is 584. The highest BCUT2D eigenvalue weighted by molar-refractivity contribution is 14.1. The van der Waals surface area contributed by atoms with Gasteiger partial charge < -0.3 is 5.43 Å². The smallest absolute Gasteiger partial charge is 0.125 e. The number of nitrogen functional groups attached to an aromatic ring is 1. The molecule has 3 nitrogen and oxygen atoms in total. The fraction of sp³-hybridized carbons (Fsp3) is 0.250. The zero-order chi connectivity index (χ0) is 12.6. The van der Waals surface area contributed by atoms with Gasteiger partial charge in [-0.1, -0.05) is 6.92 Å². The maximum Gasteiger partial charge on any atom is 0.125 e. The number of nitrogens with two attached hydrogens (primary N) is 1. The average molecular weight is 345 g/mol. The highest BCUT2D eigenvalue weighted by atomic mass is 127. The van der Waals surface area contributed by atoms with E-state index in [9.17, 15) is 4.39 Å². The SMILES string of the molecule is CCc1nc2c(I)cc(F)cc2c(NN)c1C. The average Bonchev–Trinajstić information content (AvgIpc) is 2.28. The summed E-state index contributed by atoms with van der Waals surface area (Å²) in [7, 11) is 0. The number of fused-ring (bicyclic) bond motifs is 1. The monoisotopic (exact) mass is 345 g/mol. The van der Waals surface area contributed by atoms with Crippen LogP contribution in [0.3, 0.4) is 0 Å². The predicted molar refractivity (Wildman–Crippen MR) is 76.3 cm³/mol. The van der Waals surface area contributed by atoms with E-state index < -0.39 is 0 Å². The molecule has 1 heterocycles. The van der Waals surface area contributed by atoms with Gasteiger partial charge in [0.05, 0.1) is 11.2 Å². The lowest BCUT2D eigenvalue weighted by Gasteiger charge is -2.13. The third kappa shape index (κ3) is 2.09. The Kier molecular flexibility index (Phi) is 3.48. The van der Waals surface area contributed by atoms with Crippen LogP contribution < -0.4 is 11.3 Å². The molecule has 0 atom stereocenters. The van der Waals surface area contributed by atoms with Crippen LogP contribution in [0.5, 0.6) is 0 Å². The van der Waals surface area contributed by atoms with Crippen molar-refractivity contribution < 1.29 is 4.39 Å². The van der Waals surface area contributed by atoms with E-state index in [1.807, 2.05) is 13.8 Å². The minimum absolute atomic E-state index is 0.274. The molecule has 0 saturated carbocycles. The number of nitrogens with zero attached hydrogens (tertiary/aromatic N) is 1. The fourth-order valence-electron chi connectivity index (χ4n) is 1.97. The standard InChI is InChI=1S/C12H13FIN3/c1-3-10-6(2)11(17-15)8-4-7(13)5-9(14)12(8)16-10/h4-5H,3,15H2,1-2H3,(H,16,17). The molecule has 0 radical (unpaired) electrons. The molecule has 3 N–H and O–H groups in total. The van der Waals surface area contributed by atoms with E-state index >= 15 is 0 Å². The van der Waals surface area contributed by atoms with Gasteiger partial charge in [-0.15, -0.1) is 0 Å². The Balaban J connectivity index is 2.92. The molecule has 1 aromatic heterocycles. The lowest BCUT2D eigenvalue weighted by molar-refractivity contribution is 0.628. The summed E-state index contributed by atoms with van der Waals surface area (Å²) in [6.07, 6.45) is 0.823. The van der Waals surface area contributed by atoms with Crippen molar-refractivity contribution >= 4 is 39.2 Å². The number of hydrogen-bond donors (Lipinski definition) is 2. The van der Waals surface area contributed by atoms with Gasteiger partial charge in [0.2, 0.25) is 0 Å². The number of hydrogen-bond acceptors (Lipinski definition) is 3. The molecular formula is C12H13FIN3. The summed E-state index contributed by atoms with van der Waals surface area (Å²) < 4.78 is 14.2. The Morgan fingerprint density at radius 1 is 1.47 bits per heavy atom. The quantitative estimate of drug-likeness (QED) is 0.500. The van der Waals surface area contributed by atoms with Gasteiger partial charge in [-0.05, 0) is 53.6 Å². The van der Waals surface area contributed by atoms with E-state index in [-0.39, 0.29) is 5.82 Å². The number of pyridine rings is 1. The maximum atomic E-state index is 13.4. The van der Waals surface area contributed by atoms with E-state index in [2.05, 4.69) is 33.0 Å². The third-order valence-corrected chi connectivity index (χ3v) is 3.65. The number of aryl methyl sites for hydroxylation is 1. The minimum atomic E-state index is -0.274. The van der Waals surface area contributed by atoms with Crippen LogP contribution in [0.15, 0.2) is 12.1 Å². The highest BCUT2D eigenvalue weighted by Crippen LogP contribution is 2.31. The van der Waals surface area contributed by atoms with Crippen LogP contribution in [0.25, 0.3) is 10.9 Å². The van der Waals surface area contributed by atoms with Gasteiger partial charge in [0.25, 0.3) is 0 Å². The largest absolute Gasteiger partial charge is 0.323 e. The van der Waals surface area contributed by atoms with Crippen molar-refractivity contribution in [2.75, 3.05) is 5.43 Å². The predicted octanol–water partition coefficient (Wildman–Crippen LogP) is 3.13. The molecule has 0 aliphatic carbocycles. The Labute approximate surface area is 113 Å². The van der Waals surface area contributed by atoms with Crippen molar-refractivity contribution in [1.29, 1.82) is 0 Å². The second-order valence-electron chi connectivity index (χ2n) is 3.84. The lowest BCUT2D eigenvalue weighted by atomic mass is 10.1. The van der Waals surface area contributed by atoms with Crippen LogP contribution in [0.4, 0.5) is 10.1 Å². The van der Waals surface area contributed by atoms with Crippen molar-refractivity contribution in [3.63, 3.8) is 0 Å². The number of nitrogens with one attached hydrogen (secondary N) is 1. The molecule has 0 fully saturated rings. The van der Waals surface area contributed by atoms with Crippen LogP contribution in [0.1, 0.15) is 18.2 Å². The Morgan fingerprint density at radius 2 is 2.18 bits per heavy atom. The van der Waals surface area contributed by atoms with E-state index in [0.29, 0.717) is 0 Å². The molecular weight excluding hydrogens is 332 g/mol. The summed E-state index contributed by atoms with van der Waals surface area (Å²) >= 11 is 2.09. The Morgan fingerprint density at radius 3 is 2.76 bits per heavy atom. The van der Waals surface area contributed by atoms with Crippen molar-refractivity contribution in [2.45, 2.75) is 20.3 Å². The molecule has 0 aliphatic heterocycles. The summed E-state index contributed by atoms with van der Waals surface area (Å²) in [5.74, 6) is 5.26. The first kappa shape index (κ1) is 12.5. The number of benzene rings is 1. The second kappa shape index (κ2) is 4.73. The summed E-state index contributed by atoms with van der Waals surface area (Å²) in [5.41, 5.74) is 6.16. The molecule has 0 unspecified atom stereocenters. The first-order valence-corrected chi connectivity index (χ1v) is 6.41. The molecule has 1 aromatic carbocycles. The highest BCUT2D eigenvalue weighted by Gasteiger charge is 2.13. The van der Waals surface area contributed by atoms with E-state index in [1.165, 1.54) is 12.1 Å². The van der Waals surface area contributed by atoms with Crippen molar-refractivity contribution in [2.24, 2.45) is 5.84 Å². The van der Waals surface area contributed by atoms with Gasteiger partial charge in [-0.2, -0.15) is 0 Å². The first-order valence-electron chi connectivity index (χ1n) is 5.33. The summed E-state index contributed by atoms with van der Waals surface area (Å²) in [6.45, 7) is 3.98. The zero-order valence-corrected chi connectivity index (χ0v) is 11.8. The van der Waals surface area contributed by atoms with E-state index in [0.717, 1.165) is 37.8 Å². The molecule has 0 amide bonds. The van der Waals surface area contributed by atoms with Gasteiger partial charge in [0.15, 0.2) is 0 Å². The van der Waals surface area contributed by atoms with Gasteiger partial charge in [0, 0.05) is 14.7 Å². The van der Waals surface area contributed by atoms with Crippen LogP contribution in [-0.2, 0) is 6.42 Å². The molecule has 17 heavy (non-hydrogen) atoms. The third-order valence-electron chi connectivity index (χ3n) is 2.83. The van der Waals surface area contributed by atoms with Crippen molar-refractivity contribution in [3.05, 3.63) is 32.8 Å². The van der Waals surface area contributed by atoms with Gasteiger partial charge in [0.1, 0.15) is 5.82 Å². The van der Waals surface area contributed by atoms with Crippen LogP contribution in [0.2, 0.25) is 0 Å². The molecule has 0 aliphatic rings. The number of anilines is 1. The minimum Gasteiger partial charge on any atom is -0.323 e. The Hall–Kier alpha value is -0.950. The number of aromatic nitrogens is 1. The van der Waals surface area contributed by atoms with E-state index in [1.54, 1.807) is 0 Å². The number of halogens is 2. The lowest BCUT2D eigenvalue weighted by Crippen LogP contribution is -2.11. The molecule has 2 rings (SSSR count). The summed E-state index contributed by atoms with van der Waals surface area (Å²) in [6, 6.07) is 2.94. The zero-order valence-electron chi connectivity index (χ0n) is 9.64. The van der Waals surface area contributed by atoms with Crippen LogP contribution in [0, 0.1) is 16.3 Å². The molecule has 90 valence electrons. The summed E-state index contributed by atoms with van der Waals surface area (Å²) in [5, 5.41) is 0.728. The fourth-order valence-corrected chi connectivity index (χ4v) is 2.67. The number of rotatable bonds is 2. The van der Waals surface area contributed by atoms with E-state index in [4.69, 9.17) is 5.84 Å². The number of hydrazine groups is 1. The van der Waals surface area contributed by atoms with Gasteiger partial charge >= 0.3 is 0 Å². The van der Waals surface area contributed by atoms with Gasteiger partial charge in [-0.3, -0.25) is 10.8 Å². The first-order chi connectivity index (χ1) is 8.08. The van der Waals surface area contributed by atoms with Crippen LogP contribution in [-0.4, -0.2) is 4.98 Å². The molecule has 0 spiro atoms. The summed E-state index contributed by atoms with van der Waals surface area (Å²) in [4.78, 5) is 4.57. The molecule has 0 saturated heterocycles. The molecule has 5 heteroatoms. The second-order valence-corrected chi connectivity index (χ2v) is 5.00. The van der Waals surface area contributed by atoms with Gasteiger partial charge in [-0.25, -0.2) is 4.39 Å². The topological polar surface area (TPSA) is 50.9 Å². The normalized spacial score (nSPS) is 10.9.